The largest absolute Gasteiger partial charge is 0.410 e. The van der Waals surface area contributed by atoms with Crippen LogP contribution in [0.1, 0.15) is 25.7 Å². The topological polar surface area (TPSA) is 102 Å². The lowest BCUT2D eigenvalue weighted by molar-refractivity contribution is -0.119. The quantitative estimate of drug-likeness (QED) is 0.356. The maximum Gasteiger partial charge on any atom is 0.277 e. The summed E-state index contributed by atoms with van der Waals surface area (Å²) < 4.78 is 7.98. The highest BCUT2D eigenvalue weighted by Gasteiger charge is 2.18. The fraction of sp³-hybridized carbons (Fsp3) is 0.217. The van der Waals surface area contributed by atoms with Crippen molar-refractivity contribution >= 4 is 39.6 Å². The van der Waals surface area contributed by atoms with Crippen molar-refractivity contribution in [3.63, 3.8) is 0 Å². The number of para-hydroxylation sites is 3. The molecule has 3 heterocycles. The van der Waals surface area contributed by atoms with Gasteiger partial charge in [0.05, 0.1) is 22.8 Å². The first-order chi connectivity index (χ1) is 15.6. The van der Waals surface area contributed by atoms with Crippen molar-refractivity contribution in [1.82, 2.24) is 30.0 Å². The number of aromatic amines is 1. The fourth-order valence-electron chi connectivity index (χ4n) is 3.76. The van der Waals surface area contributed by atoms with E-state index in [0.717, 1.165) is 40.0 Å². The summed E-state index contributed by atoms with van der Waals surface area (Å²) in [5.74, 6) is 1.20. The molecule has 32 heavy (non-hydrogen) atoms. The summed E-state index contributed by atoms with van der Waals surface area (Å²) in [5, 5.41) is 12.7. The average molecular weight is 447 g/mol. The predicted octanol–water partition coefficient (Wildman–Crippen LogP) is 4.56. The van der Waals surface area contributed by atoms with Gasteiger partial charge in [-0.25, -0.2) is 4.98 Å². The van der Waals surface area contributed by atoms with Crippen molar-refractivity contribution in [2.75, 3.05) is 5.75 Å². The first-order valence-corrected chi connectivity index (χ1v) is 11.4. The molecule has 0 unspecified atom stereocenters. The third-order valence-corrected chi connectivity index (χ3v) is 6.09. The Hall–Kier alpha value is -3.59. The number of imidazole rings is 1. The maximum atomic E-state index is 12.4. The predicted molar refractivity (Wildman–Crippen MR) is 124 cm³/mol. The maximum absolute atomic E-state index is 12.4. The molecule has 0 bridgehead atoms. The molecule has 9 heteroatoms. The Morgan fingerprint density at radius 1 is 1.19 bits per heavy atom. The van der Waals surface area contributed by atoms with E-state index in [1.54, 1.807) is 0 Å². The van der Waals surface area contributed by atoms with Crippen LogP contribution in [0.15, 0.2) is 64.2 Å². The SMILES string of the molecule is CCn1c(-c2nnc(SCC(=O)N[C@H](C)c3nc4ccccc4[nH]3)o2)cc2ccccc21. The molecule has 0 aliphatic carbocycles. The second kappa shape index (κ2) is 8.51. The number of nitrogens with zero attached hydrogens (tertiary/aromatic N) is 4. The zero-order chi connectivity index (χ0) is 22.1. The number of rotatable bonds is 7. The molecule has 0 radical (unpaired) electrons. The Kier molecular flexibility index (Phi) is 5.40. The van der Waals surface area contributed by atoms with Crippen LogP contribution in [-0.4, -0.2) is 36.4 Å². The number of aromatic nitrogens is 5. The molecule has 5 aromatic rings. The lowest BCUT2D eigenvalue weighted by Crippen LogP contribution is -2.28. The van der Waals surface area contributed by atoms with Gasteiger partial charge < -0.3 is 19.3 Å². The Balaban J connectivity index is 1.24. The van der Waals surface area contributed by atoms with Gasteiger partial charge in [0.25, 0.3) is 11.1 Å². The van der Waals surface area contributed by atoms with Gasteiger partial charge in [-0.1, -0.05) is 42.1 Å². The number of thioether (sulfide) groups is 1. The third kappa shape index (κ3) is 3.87. The van der Waals surface area contributed by atoms with Gasteiger partial charge in [0.2, 0.25) is 5.91 Å². The summed E-state index contributed by atoms with van der Waals surface area (Å²) in [6.45, 7) is 4.76. The Morgan fingerprint density at radius 2 is 2.00 bits per heavy atom. The van der Waals surface area contributed by atoms with Crippen LogP contribution in [0.4, 0.5) is 0 Å². The zero-order valence-corrected chi connectivity index (χ0v) is 18.5. The van der Waals surface area contributed by atoms with E-state index in [1.165, 1.54) is 11.8 Å². The van der Waals surface area contributed by atoms with Crippen molar-refractivity contribution in [2.45, 2.75) is 31.7 Å². The summed E-state index contributed by atoms with van der Waals surface area (Å²) in [6.07, 6.45) is 0. The van der Waals surface area contributed by atoms with E-state index in [1.807, 2.05) is 49.4 Å². The van der Waals surface area contributed by atoms with Gasteiger partial charge in [0.15, 0.2) is 0 Å². The number of fused-ring (bicyclic) bond motifs is 2. The van der Waals surface area contributed by atoms with E-state index in [0.29, 0.717) is 11.1 Å². The molecule has 0 saturated heterocycles. The van der Waals surface area contributed by atoms with Crippen LogP contribution >= 0.6 is 11.8 Å². The van der Waals surface area contributed by atoms with Crippen LogP contribution < -0.4 is 5.32 Å². The van der Waals surface area contributed by atoms with Gasteiger partial charge >= 0.3 is 0 Å². The summed E-state index contributed by atoms with van der Waals surface area (Å²) in [6, 6.07) is 17.7. The van der Waals surface area contributed by atoms with Crippen molar-refractivity contribution < 1.29 is 9.21 Å². The number of H-pyrrole nitrogens is 1. The monoisotopic (exact) mass is 446 g/mol. The molecule has 0 fully saturated rings. The standard InChI is InChI=1S/C23H22N6O2S/c1-3-29-18-11-7-4-8-15(18)12-19(29)22-27-28-23(31-22)32-13-20(30)24-14(2)21-25-16-9-5-6-10-17(16)26-21/h4-12,14H,3,13H2,1-2H3,(H,24,30)(H,25,26)/t14-/m1/s1. The smallest absolute Gasteiger partial charge is 0.277 e. The van der Waals surface area contributed by atoms with E-state index in [2.05, 4.69) is 49.1 Å². The van der Waals surface area contributed by atoms with E-state index < -0.39 is 0 Å². The van der Waals surface area contributed by atoms with E-state index in [4.69, 9.17) is 4.42 Å². The number of amides is 1. The lowest BCUT2D eigenvalue weighted by Gasteiger charge is -2.10. The van der Waals surface area contributed by atoms with Crippen molar-refractivity contribution in [3.05, 3.63) is 60.4 Å². The molecule has 2 N–H and O–H groups in total. The van der Waals surface area contributed by atoms with Gasteiger partial charge in [0, 0.05) is 17.4 Å². The second-order valence-corrected chi connectivity index (χ2v) is 8.35. The minimum Gasteiger partial charge on any atom is -0.410 e. The van der Waals surface area contributed by atoms with Crippen LogP contribution in [0.3, 0.4) is 0 Å². The Bertz CT molecular complexity index is 1370. The van der Waals surface area contributed by atoms with Gasteiger partial charge in [-0.3, -0.25) is 4.79 Å². The van der Waals surface area contributed by atoms with Crippen LogP contribution in [-0.2, 0) is 11.3 Å². The molecular formula is C23H22N6O2S. The number of aryl methyl sites for hydroxylation is 1. The first kappa shape index (κ1) is 20.3. The highest BCUT2D eigenvalue weighted by molar-refractivity contribution is 7.99. The van der Waals surface area contributed by atoms with Crippen LogP contribution in [0.25, 0.3) is 33.5 Å². The molecule has 0 saturated carbocycles. The normalized spacial score (nSPS) is 12.4. The minimum atomic E-state index is -0.242. The lowest BCUT2D eigenvalue weighted by atomic mass is 10.2. The second-order valence-electron chi connectivity index (χ2n) is 7.42. The number of carbonyl (C=O) groups excluding carboxylic acids is 1. The summed E-state index contributed by atoms with van der Waals surface area (Å²) >= 11 is 1.21. The number of hydrogen-bond donors (Lipinski definition) is 2. The molecular weight excluding hydrogens is 424 g/mol. The van der Waals surface area contributed by atoms with Gasteiger partial charge in [-0.2, -0.15) is 0 Å². The zero-order valence-electron chi connectivity index (χ0n) is 17.7. The van der Waals surface area contributed by atoms with Crippen LogP contribution in [0, 0.1) is 0 Å². The van der Waals surface area contributed by atoms with E-state index >= 15 is 0 Å². The number of nitrogens with one attached hydrogen (secondary N) is 2. The highest BCUT2D eigenvalue weighted by Crippen LogP contribution is 2.29. The fourth-order valence-corrected chi connectivity index (χ4v) is 4.33. The van der Waals surface area contributed by atoms with Crippen LogP contribution in [0.5, 0.6) is 0 Å². The molecule has 2 aromatic carbocycles. The molecule has 1 amide bonds. The molecule has 1 atom stereocenters. The van der Waals surface area contributed by atoms with Crippen LogP contribution in [0.2, 0.25) is 0 Å². The molecule has 8 nitrogen and oxygen atoms in total. The molecule has 162 valence electrons. The molecule has 5 rings (SSSR count). The number of hydrogen-bond acceptors (Lipinski definition) is 6. The molecule has 0 aliphatic heterocycles. The Morgan fingerprint density at radius 3 is 2.84 bits per heavy atom. The highest BCUT2D eigenvalue weighted by atomic mass is 32.2. The average Bonchev–Trinajstić information content (AvgIpc) is 3.53. The molecule has 0 spiro atoms. The summed E-state index contributed by atoms with van der Waals surface area (Å²) in [7, 11) is 0. The Labute approximate surface area is 188 Å². The van der Waals surface area contributed by atoms with Gasteiger partial charge in [0.1, 0.15) is 11.5 Å². The van der Waals surface area contributed by atoms with E-state index in [9.17, 15) is 4.79 Å². The summed E-state index contributed by atoms with van der Waals surface area (Å²) in [4.78, 5) is 20.2. The van der Waals surface area contributed by atoms with Crippen molar-refractivity contribution in [3.8, 4) is 11.6 Å². The van der Waals surface area contributed by atoms with Crippen molar-refractivity contribution in [1.29, 1.82) is 0 Å². The van der Waals surface area contributed by atoms with Gasteiger partial charge in [-0.15, -0.1) is 10.2 Å². The third-order valence-electron chi connectivity index (χ3n) is 5.27. The first-order valence-electron chi connectivity index (χ1n) is 10.4. The molecule has 0 aliphatic rings. The summed E-state index contributed by atoms with van der Waals surface area (Å²) in [5.41, 5.74) is 3.81. The van der Waals surface area contributed by atoms with Crippen molar-refractivity contribution in [2.24, 2.45) is 0 Å². The minimum absolute atomic E-state index is 0.134. The molecule has 3 aromatic heterocycles. The number of benzene rings is 2. The number of carbonyl (C=O) groups is 1. The van der Waals surface area contributed by atoms with E-state index in [-0.39, 0.29) is 17.7 Å². The van der Waals surface area contributed by atoms with Gasteiger partial charge in [-0.05, 0) is 38.1 Å².